The molecule has 0 bridgehead atoms. The van der Waals surface area contributed by atoms with Crippen LogP contribution in [0.25, 0.3) is 0 Å². The Kier molecular flexibility index (Phi) is 3.46. The van der Waals surface area contributed by atoms with E-state index in [2.05, 4.69) is 0 Å². The van der Waals surface area contributed by atoms with Gasteiger partial charge in [-0.2, -0.15) is 4.31 Å². The van der Waals surface area contributed by atoms with Gasteiger partial charge in [-0.3, -0.25) is 10.1 Å². The van der Waals surface area contributed by atoms with Crippen molar-refractivity contribution in [2.24, 2.45) is 0 Å². The van der Waals surface area contributed by atoms with E-state index in [-0.39, 0.29) is 11.7 Å². The normalized spacial score (nSPS) is 23.7. The van der Waals surface area contributed by atoms with Crippen LogP contribution >= 0.6 is 0 Å². The molecular weight excluding hydrogens is 304 g/mol. The zero-order chi connectivity index (χ0) is 15.9. The number of likely N-dealkylation sites (N-methyl/N-ethyl adjacent to an activating group) is 1. The van der Waals surface area contributed by atoms with Gasteiger partial charge in [-0.15, -0.1) is 0 Å². The molecule has 1 aliphatic heterocycles. The number of nitro benzene ring substituents is 1. The number of hydrogen-bond donors (Lipinski definition) is 0. The summed E-state index contributed by atoms with van der Waals surface area (Å²) in [6.45, 7) is 0. The van der Waals surface area contributed by atoms with Crippen LogP contribution in [0, 0.1) is 10.1 Å². The number of non-ortho nitro benzene ring substituents is 1. The van der Waals surface area contributed by atoms with Gasteiger partial charge in [0.2, 0.25) is 10.0 Å². The Morgan fingerprint density at radius 1 is 1.00 bits per heavy atom. The number of nitrogens with zero attached hydrogens (tertiary/aromatic N) is 2. The van der Waals surface area contributed by atoms with Crippen molar-refractivity contribution in [3.63, 3.8) is 0 Å². The van der Waals surface area contributed by atoms with Crippen LogP contribution in [0.4, 0.5) is 5.69 Å². The van der Waals surface area contributed by atoms with Gasteiger partial charge in [0.05, 0.1) is 11.0 Å². The van der Waals surface area contributed by atoms with E-state index in [9.17, 15) is 18.5 Å². The highest BCUT2D eigenvalue weighted by Crippen LogP contribution is 2.50. The van der Waals surface area contributed by atoms with Crippen LogP contribution in [0.5, 0.6) is 0 Å². The highest BCUT2D eigenvalue weighted by molar-refractivity contribution is 7.90. The molecule has 2 aromatic carbocycles. The molecule has 0 aromatic heterocycles. The van der Waals surface area contributed by atoms with Gasteiger partial charge >= 0.3 is 0 Å². The Balaban J connectivity index is 2.00. The van der Waals surface area contributed by atoms with E-state index < -0.39 is 20.2 Å². The molecule has 0 aliphatic carbocycles. The van der Waals surface area contributed by atoms with Crippen LogP contribution < -0.4 is 0 Å². The molecule has 0 radical (unpaired) electrons. The SMILES string of the molecule is CN1[C@H](c2ccc([N+](=O)[O-])cc2)[C@H](c2ccccc2)S1(=O)=O. The Morgan fingerprint density at radius 3 is 2.14 bits per heavy atom. The largest absolute Gasteiger partial charge is 0.269 e. The molecule has 1 heterocycles. The maximum absolute atomic E-state index is 12.3. The van der Waals surface area contributed by atoms with Gasteiger partial charge in [-0.25, -0.2) is 8.42 Å². The van der Waals surface area contributed by atoms with Crippen molar-refractivity contribution in [1.29, 1.82) is 0 Å². The van der Waals surface area contributed by atoms with Crippen molar-refractivity contribution >= 4 is 15.7 Å². The minimum absolute atomic E-state index is 0.00940. The first-order valence-electron chi connectivity index (χ1n) is 6.69. The Labute approximate surface area is 128 Å². The van der Waals surface area contributed by atoms with Crippen molar-refractivity contribution in [3.05, 3.63) is 75.8 Å². The lowest BCUT2D eigenvalue weighted by molar-refractivity contribution is -0.384. The third kappa shape index (κ3) is 2.18. The highest BCUT2D eigenvalue weighted by Gasteiger charge is 2.52. The van der Waals surface area contributed by atoms with Crippen molar-refractivity contribution in [1.82, 2.24) is 4.31 Å². The molecule has 2 aromatic rings. The summed E-state index contributed by atoms with van der Waals surface area (Å²) in [6, 6.07) is 14.7. The number of hydrogen-bond acceptors (Lipinski definition) is 4. The second-order valence-electron chi connectivity index (χ2n) is 5.19. The lowest BCUT2D eigenvalue weighted by atomic mass is 9.97. The number of sulfonamides is 1. The predicted octanol–water partition coefficient (Wildman–Crippen LogP) is 2.65. The minimum atomic E-state index is -3.38. The second kappa shape index (κ2) is 5.19. The quantitative estimate of drug-likeness (QED) is 0.643. The van der Waals surface area contributed by atoms with E-state index in [1.165, 1.54) is 23.5 Å². The number of benzene rings is 2. The molecule has 22 heavy (non-hydrogen) atoms. The Hall–Kier alpha value is -2.25. The van der Waals surface area contributed by atoms with E-state index >= 15 is 0 Å². The first-order valence-corrected chi connectivity index (χ1v) is 8.19. The monoisotopic (exact) mass is 318 g/mol. The average molecular weight is 318 g/mol. The van der Waals surface area contributed by atoms with Gasteiger partial charge < -0.3 is 0 Å². The van der Waals surface area contributed by atoms with Gasteiger partial charge in [-0.05, 0) is 11.1 Å². The topological polar surface area (TPSA) is 80.5 Å². The molecule has 0 N–H and O–H groups in total. The third-order valence-electron chi connectivity index (χ3n) is 3.97. The molecule has 6 nitrogen and oxygen atoms in total. The molecule has 0 amide bonds. The number of rotatable bonds is 3. The molecule has 2 atom stereocenters. The zero-order valence-electron chi connectivity index (χ0n) is 11.8. The van der Waals surface area contributed by atoms with Crippen LogP contribution in [-0.2, 0) is 10.0 Å². The zero-order valence-corrected chi connectivity index (χ0v) is 12.6. The van der Waals surface area contributed by atoms with E-state index in [1.807, 2.05) is 6.07 Å². The molecule has 1 aliphatic rings. The summed E-state index contributed by atoms with van der Waals surface area (Å²) in [5.74, 6) is 0. The summed E-state index contributed by atoms with van der Waals surface area (Å²) >= 11 is 0. The fraction of sp³-hybridized carbons (Fsp3) is 0.200. The molecule has 1 saturated heterocycles. The summed E-state index contributed by atoms with van der Waals surface area (Å²) < 4.78 is 26.0. The molecule has 3 rings (SSSR count). The summed E-state index contributed by atoms with van der Waals surface area (Å²) in [6.07, 6.45) is 0. The van der Waals surface area contributed by atoms with E-state index in [4.69, 9.17) is 0 Å². The fourth-order valence-corrected chi connectivity index (χ4v) is 4.69. The van der Waals surface area contributed by atoms with Gasteiger partial charge in [0.25, 0.3) is 5.69 Å². The van der Waals surface area contributed by atoms with Crippen molar-refractivity contribution in [2.75, 3.05) is 7.05 Å². The van der Waals surface area contributed by atoms with Gasteiger partial charge in [-0.1, -0.05) is 42.5 Å². The third-order valence-corrected chi connectivity index (χ3v) is 6.18. The molecule has 7 heteroatoms. The first kappa shape index (κ1) is 14.7. The minimum Gasteiger partial charge on any atom is -0.258 e. The Bertz CT molecular complexity index is 803. The molecule has 0 saturated carbocycles. The lowest BCUT2D eigenvalue weighted by Crippen LogP contribution is -2.50. The van der Waals surface area contributed by atoms with Crippen LogP contribution in [0.15, 0.2) is 54.6 Å². The van der Waals surface area contributed by atoms with Crippen LogP contribution in [0.3, 0.4) is 0 Å². The summed E-state index contributed by atoms with van der Waals surface area (Å²) in [7, 11) is -1.85. The highest BCUT2D eigenvalue weighted by atomic mass is 32.2. The molecule has 1 fully saturated rings. The van der Waals surface area contributed by atoms with Crippen LogP contribution in [0.1, 0.15) is 22.4 Å². The molecule has 0 spiro atoms. The maximum Gasteiger partial charge on any atom is 0.269 e. The maximum atomic E-state index is 12.3. The van der Waals surface area contributed by atoms with Gasteiger partial charge in [0, 0.05) is 19.2 Å². The van der Waals surface area contributed by atoms with Crippen molar-refractivity contribution in [2.45, 2.75) is 11.3 Å². The smallest absolute Gasteiger partial charge is 0.258 e. The summed E-state index contributed by atoms with van der Waals surface area (Å²) in [4.78, 5) is 10.2. The Morgan fingerprint density at radius 2 is 1.59 bits per heavy atom. The predicted molar refractivity (Wildman–Crippen MR) is 81.7 cm³/mol. The van der Waals surface area contributed by atoms with Crippen LogP contribution in [-0.4, -0.2) is 24.7 Å². The van der Waals surface area contributed by atoms with Crippen LogP contribution in [0.2, 0.25) is 0 Å². The second-order valence-corrected chi connectivity index (χ2v) is 7.30. The lowest BCUT2D eigenvalue weighted by Gasteiger charge is -2.45. The molecule has 0 unspecified atom stereocenters. The van der Waals surface area contributed by atoms with E-state index in [0.717, 1.165) is 11.1 Å². The van der Waals surface area contributed by atoms with E-state index in [0.29, 0.717) is 0 Å². The standard InChI is InChI=1S/C15H14N2O4S/c1-16-14(11-7-9-13(10-8-11)17(18)19)15(22(16,20)21)12-5-3-2-4-6-12/h2-10,14-15H,1H3/t14-,15+/m1/s1. The van der Waals surface area contributed by atoms with Crippen molar-refractivity contribution in [3.8, 4) is 0 Å². The van der Waals surface area contributed by atoms with Gasteiger partial charge in [0.15, 0.2) is 0 Å². The number of nitro groups is 1. The molecule has 114 valence electrons. The fourth-order valence-electron chi connectivity index (χ4n) is 2.80. The average Bonchev–Trinajstić information content (AvgIpc) is 2.52. The summed E-state index contributed by atoms with van der Waals surface area (Å²) in [5, 5.41) is 10.1. The first-order chi connectivity index (χ1) is 10.4. The molecular formula is C15H14N2O4S. The summed E-state index contributed by atoms with van der Waals surface area (Å²) in [5.41, 5.74) is 1.46. The van der Waals surface area contributed by atoms with Gasteiger partial charge in [0.1, 0.15) is 5.25 Å². The van der Waals surface area contributed by atoms with E-state index in [1.54, 1.807) is 36.4 Å². The van der Waals surface area contributed by atoms with Crippen molar-refractivity contribution < 1.29 is 13.3 Å².